The lowest BCUT2D eigenvalue weighted by atomic mass is 10.0. The van der Waals surface area contributed by atoms with E-state index < -0.39 is 0 Å². The molecule has 0 saturated carbocycles. The Labute approximate surface area is 385 Å². The fourth-order valence-electron chi connectivity index (χ4n) is 10.1. The van der Waals surface area contributed by atoms with E-state index in [1.54, 1.807) is 0 Å². The van der Waals surface area contributed by atoms with Crippen molar-refractivity contribution in [2.75, 3.05) is 9.80 Å². The molecule has 2 heterocycles. The number of hydrogen-bond acceptors (Lipinski definition) is 2. The number of hydrogen-bond donors (Lipinski definition) is 0. The summed E-state index contributed by atoms with van der Waals surface area (Å²) in [5.74, 6) is 0. The number of fused-ring (bicyclic) bond motifs is 6. The van der Waals surface area contributed by atoms with Gasteiger partial charge in [0.1, 0.15) is 0 Å². The number of aromatic nitrogens is 2. The number of aryl methyl sites for hydroxylation is 1. The van der Waals surface area contributed by atoms with Gasteiger partial charge in [-0.05, 0) is 153 Å². The molecule has 0 atom stereocenters. The van der Waals surface area contributed by atoms with E-state index in [0.717, 1.165) is 47.0 Å². The van der Waals surface area contributed by atoms with E-state index in [0.29, 0.717) is 0 Å². The molecule has 0 bridgehead atoms. The molecule has 0 spiro atoms. The first kappa shape index (κ1) is 39.3. The molecule has 9 aromatic carbocycles. The lowest BCUT2D eigenvalue weighted by Crippen LogP contribution is -2.17. The second-order valence-electron chi connectivity index (χ2n) is 17.6. The minimum atomic E-state index is 0.981. The molecule has 12 rings (SSSR count). The van der Waals surface area contributed by atoms with Gasteiger partial charge >= 0.3 is 0 Å². The molecule has 0 N–H and O–H groups in total. The Kier molecular flexibility index (Phi) is 9.72. The van der Waals surface area contributed by atoms with Gasteiger partial charge in [-0.2, -0.15) is 0 Å². The first-order chi connectivity index (χ1) is 32.6. The van der Waals surface area contributed by atoms with Crippen LogP contribution in [0, 0.1) is 6.92 Å². The molecule has 4 heteroatoms. The van der Waals surface area contributed by atoms with Crippen molar-refractivity contribution in [3.8, 4) is 22.5 Å². The molecule has 0 aliphatic heterocycles. The first-order valence-electron chi connectivity index (χ1n) is 23.0. The summed E-state index contributed by atoms with van der Waals surface area (Å²) in [4.78, 5) is 4.83. The van der Waals surface area contributed by atoms with E-state index in [1.165, 1.54) is 77.3 Å². The highest BCUT2D eigenvalue weighted by atomic mass is 15.2. The van der Waals surface area contributed by atoms with Crippen molar-refractivity contribution in [3.63, 3.8) is 0 Å². The Balaban J connectivity index is 0.907. The quantitative estimate of drug-likeness (QED) is 0.144. The van der Waals surface area contributed by atoms with Crippen molar-refractivity contribution in [3.05, 3.63) is 247 Å². The van der Waals surface area contributed by atoms with Crippen LogP contribution in [0.1, 0.15) is 25.3 Å². The molecule has 66 heavy (non-hydrogen) atoms. The van der Waals surface area contributed by atoms with Crippen LogP contribution < -0.4 is 9.80 Å². The normalized spacial score (nSPS) is 12.8. The fraction of sp³-hybridized carbons (Fsp3) is 0.0645. The van der Waals surface area contributed by atoms with Gasteiger partial charge in [-0.1, -0.05) is 126 Å². The molecule has 0 amide bonds. The second kappa shape index (κ2) is 16.3. The smallest absolute Gasteiger partial charge is 0.0542 e. The average Bonchev–Trinajstić information content (AvgIpc) is 3.89. The Morgan fingerprint density at radius 2 is 0.742 bits per heavy atom. The number of nitrogens with zero attached hydrogens (tertiary/aromatic N) is 4. The molecular weight excluding hydrogens is 801 g/mol. The zero-order valence-electron chi connectivity index (χ0n) is 37.1. The highest BCUT2D eigenvalue weighted by molar-refractivity contribution is 6.12. The molecule has 0 radical (unpaired) electrons. The Hall–Kier alpha value is -8.34. The van der Waals surface area contributed by atoms with Gasteiger partial charge in [0.15, 0.2) is 0 Å². The van der Waals surface area contributed by atoms with Crippen LogP contribution >= 0.6 is 0 Å². The third-order valence-corrected chi connectivity index (χ3v) is 13.4. The van der Waals surface area contributed by atoms with E-state index in [-0.39, 0.29) is 0 Å². The molecule has 4 nitrogen and oxygen atoms in total. The average molecular weight is 849 g/mol. The van der Waals surface area contributed by atoms with Crippen molar-refractivity contribution in [2.24, 2.45) is 0 Å². The summed E-state index contributed by atoms with van der Waals surface area (Å²) in [6.07, 6.45) is 6.62. The maximum atomic E-state index is 2.46. The van der Waals surface area contributed by atoms with Gasteiger partial charge in [0.05, 0.1) is 22.1 Å². The van der Waals surface area contributed by atoms with E-state index in [4.69, 9.17) is 0 Å². The number of rotatable bonds is 9. The van der Waals surface area contributed by atoms with Crippen LogP contribution in [-0.4, -0.2) is 9.13 Å². The second-order valence-corrected chi connectivity index (χ2v) is 17.6. The monoisotopic (exact) mass is 848 g/mol. The van der Waals surface area contributed by atoms with E-state index in [9.17, 15) is 0 Å². The topological polar surface area (TPSA) is 16.3 Å². The largest absolute Gasteiger partial charge is 0.314 e. The molecule has 11 aromatic rings. The molecule has 0 fully saturated rings. The minimum Gasteiger partial charge on any atom is -0.314 e. The Morgan fingerprint density at radius 3 is 1.23 bits per heavy atom. The summed E-state index contributed by atoms with van der Waals surface area (Å²) in [6, 6.07) is 79.7. The SMILES string of the molecule is CC1=CC=C(N(c2ccc(-c3ccc(N(c4ccc(C)cc4)c4ccc5c(c4)c4ccccc4n5-c4ccccc4)cc3)cc2)c2ccc3c(c2)c2ccccc2n3-c2ccccc2)CC1. The molecule has 2 aromatic heterocycles. The number of allylic oxidation sites excluding steroid dienone is 4. The highest BCUT2D eigenvalue weighted by Crippen LogP contribution is 2.42. The fourth-order valence-corrected chi connectivity index (χ4v) is 10.1. The standard InChI is InChI=1S/C62H48N4/c1-43-21-29-49(30-22-43)63(53-37-39-61-57(41-53)55-17-9-11-19-59(55)65(61)47-13-5-3-6-14-47)51-33-25-45(26-34-51)46-27-35-52(36-28-46)64(50-31-23-44(2)24-32-50)54-38-40-62-58(42-54)56-18-10-12-20-60(56)66(62)48-15-7-4-8-16-48/h3-23,25-31,33-42H,24,32H2,1-2H3. The molecule has 0 unspecified atom stereocenters. The maximum Gasteiger partial charge on any atom is 0.0542 e. The predicted molar refractivity (Wildman–Crippen MR) is 280 cm³/mol. The third-order valence-electron chi connectivity index (χ3n) is 13.4. The van der Waals surface area contributed by atoms with Crippen LogP contribution in [0.4, 0.5) is 28.4 Å². The number of para-hydroxylation sites is 4. The Bertz CT molecular complexity index is 3630. The zero-order valence-corrected chi connectivity index (χ0v) is 37.1. The van der Waals surface area contributed by atoms with Gasteiger partial charge < -0.3 is 18.9 Å². The molecule has 316 valence electrons. The van der Waals surface area contributed by atoms with E-state index >= 15 is 0 Å². The van der Waals surface area contributed by atoms with Gasteiger partial charge in [-0.15, -0.1) is 0 Å². The summed E-state index contributed by atoms with van der Waals surface area (Å²) >= 11 is 0. The molecular formula is C62H48N4. The zero-order chi connectivity index (χ0) is 44.1. The summed E-state index contributed by atoms with van der Waals surface area (Å²) in [7, 11) is 0. The van der Waals surface area contributed by atoms with Gasteiger partial charge in [-0.25, -0.2) is 0 Å². The minimum absolute atomic E-state index is 0.981. The van der Waals surface area contributed by atoms with Crippen molar-refractivity contribution < 1.29 is 0 Å². The number of benzene rings is 9. The van der Waals surface area contributed by atoms with Gasteiger partial charge in [0.2, 0.25) is 0 Å². The summed E-state index contributed by atoms with van der Waals surface area (Å²) in [5, 5.41) is 4.96. The van der Waals surface area contributed by atoms with Gasteiger partial charge in [0.25, 0.3) is 0 Å². The van der Waals surface area contributed by atoms with Crippen molar-refractivity contribution in [1.29, 1.82) is 0 Å². The summed E-state index contributed by atoms with van der Waals surface area (Å²) in [6.45, 7) is 4.37. The van der Waals surface area contributed by atoms with Crippen LogP contribution in [0.25, 0.3) is 66.1 Å². The maximum absolute atomic E-state index is 2.46. The van der Waals surface area contributed by atoms with Crippen LogP contribution in [0.15, 0.2) is 242 Å². The molecule has 1 aliphatic rings. The van der Waals surface area contributed by atoms with Crippen LogP contribution in [-0.2, 0) is 0 Å². The van der Waals surface area contributed by atoms with E-state index in [1.807, 2.05) is 0 Å². The first-order valence-corrected chi connectivity index (χ1v) is 23.0. The van der Waals surface area contributed by atoms with Crippen LogP contribution in [0.5, 0.6) is 0 Å². The number of anilines is 5. The predicted octanol–water partition coefficient (Wildman–Crippen LogP) is 17.1. The van der Waals surface area contributed by atoms with E-state index in [2.05, 4.69) is 263 Å². The summed E-state index contributed by atoms with van der Waals surface area (Å²) in [5.41, 5.74) is 19.1. The molecule has 0 saturated heterocycles. The summed E-state index contributed by atoms with van der Waals surface area (Å²) < 4.78 is 4.76. The van der Waals surface area contributed by atoms with Crippen molar-refractivity contribution in [2.45, 2.75) is 26.7 Å². The lowest BCUT2D eigenvalue weighted by molar-refractivity contribution is 0.875. The van der Waals surface area contributed by atoms with Gasteiger partial charge in [0, 0.05) is 67.1 Å². The van der Waals surface area contributed by atoms with Crippen LogP contribution in [0.3, 0.4) is 0 Å². The Morgan fingerprint density at radius 1 is 0.333 bits per heavy atom. The van der Waals surface area contributed by atoms with Crippen molar-refractivity contribution >= 4 is 72.0 Å². The molecule has 1 aliphatic carbocycles. The van der Waals surface area contributed by atoms with Gasteiger partial charge in [-0.3, -0.25) is 0 Å². The lowest BCUT2D eigenvalue weighted by Gasteiger charge is -2.30. The highest BCUT2D eigenvalue weighted by Gasteiger charge is 2.21. The third kappa shape index (κ3) is 6.86. The van der Waals surface area contributed by atoms with Crippen molar-refractivity contribution in [1.82, 2.24) is 9.13 Å². The van der Waals surface area contributed by atoms with Crippen LogP contribution in [0.2, 0.25) is 0 Å².